The lowest BCUT2D eigenvalue weighted by Crippen LogP contribution is -2.75. The second kappa shape index (κ2) is 22.1. The minimum Gasteiger partial charge on any atom is -0.287 e. The van der Waals surface area contributed by atoms with Gasteiger partial charge in [-0.15, -0.1) is 0 Å². The number of alkyl halides is 24. The van der Waals surface area contributed by atoms with Crippen LogP contribution < -0.4 is 26.4 Å². The molecular formula is C53H33BF24N2O. The van der Waals surface area contributed by atoms with E-state index in [9.17, 15) is 110 Å². The van der Waals surface area contributed by atoms with E-state index in [1.54, 1.807) is 6.20 Å². The maximum atomic E-state index is 14.2. The predicted molar refractivity (Wildman–Crippen MR) is 245 cm³/mol. The van der Waals surface area contributed by atoms with E-state index in [1.165, 1.54) is 5.56 Å². The molecule has 0 saturated heterocycles. The maximum absolute atomic E-state index is 14.2. The van der Waals surface area contributed by atoms with E-state index in [0.29, 0.717) is 12.5 Å². The van der Waals surface area contributed by atoms with E-state index < -0.39 is 195 Å². The summed E-state index contributed by atoms with van der Waals surface area (Å²) >= 11 is 0. The van der Waals surface area contributed by atoms with Gasteiger partial charge in [0.25, 0.3) is 0 Å². The first-order chi connectivity index (χ1) is 36.9. The van der Waals surface area contributed by atoms with Gasteiger partial charge in [-0.2, -0.15) is 132 Å². The first-order valence-electron chi connectivity index (χ1n) is 22.8. The number of halogens is 24. The number of carbonyl (C=O) groups excluding carboxylic acids is 1. The monoisotopic (exact) mass is 1180 g/mol. The van der Waals surface area contributed by atoms with Crippen LogP contribution in [0, 0.1) is 0 Å². The smallest absolute Gasteiger partial charge is 0.287 e. The molecule has 0 unspecified atom stereocenters. The Hall–Kier alpha value is -7.55. The lowest BCUT2D eigenvalue weighted by molar-refractivity contribution is -0.672. The topological polar surface area (TPSA) is 33.8 Å². The van der Waals surface area contributed by atoms with E-state index in [2.05, 4.69) is 43.1 Å². The van der Waals surface area contributed by atoms with Crippen LogP contribution in [-0.2, 0) is 56.0 Å². The van der Waals surface area contributed by atoms with E-state index in [4.69, 9.17) is 0 Å². The highest BCUT2D eigenvalue weighted by Crippen LogP contribution is 2.41. The van der Waals surface area contributed by atoms with Gasteiger partial charge in [0.05, 0.1) is 56.9 Å². The van der Waals surface area contributed by atoms with Gasteiger partial charge >= 0.3 is 49.4 Å². The Kier molecular flexibility index (Phi) is 17.1. The molecule has 0 aliphatic rings. The van der Waals surface area contributed by atoms with Crippen LogP contribution in [-0.4, -0.2) is 16.9 Å². The molecule has 0 radical (unpaired) electrons. The molecule has 0 N–H and O–H groups in total. The van der Waals surface area contributed by atoms with Crippen LogP contribution in [0.4, 0.5) is 105 Å². The summed E-state index contributed by atoms with van der Waals surface area (Å²) in [6.45, 7) is 4.66. The van der Waals surface area contributed by atoms with Gasteiger partial charge in [-0.3, -0.25) is 9.78 Å². The molecule has 7 aromatic rings. The highest BCUT2D eigenvalue weighted by atomic mass is 19.4. The zero-order valence-electron chi connectivity index (χ0n) is 40.6. The van der Waals surface area contributed by atoms with Crippen LogP contribution in [0.2, 0.25) is 0 Å². The number of hydrogen-bond donors (Lipinski definition) is 0. The van der Waals surface area contributed by atoms with Crippen molar-refractivity contribution in [3.8, 4) is 11.3 Å². The Balaban J connectivity index is 0.000000363. The van der Waals surface area contributed by atoms with Crippen LogP contribution in [0.5, 0.6) is 0 Å². The Labute approximate surface area is 441 Å². The maximum Gasteiger partial charge on any atom is 0.416 e. The minimum absolute atomic E-state index is 0.0897. The van der Waals surface area contributed by atoms with Gasteiger partial charge in [0, 0.05) is 11.1 Å². The first-order valence-corrected chi connectivity index (χ1v) is 22.8. The molecule has 0 bridgehead atoms. The fraction of sp³-hybridized carbons (Fsp3) is 0.226. The van der Waals surface area contributed by atoms with Crippen molar-refractivity contribution in [3.05, 3.63) is 202 Å². The number of benzene rings is 6. The van der Waals surface area contributed by atoms with Crippen molar-refractivity contribution in [1.82, 2.24) is 4.98 Å². The van der Waals surface area contributed by atoms with Crippen LogP contribution in [0.15, 0.2) is 146 Å². The third kappa shape index (κ3) is 14.5. The molecule has 7 rings (SSSR count). The largest absolute Gasteiger partial charge is 0.416 e. The molecule has 0 atom stereocenters. The van der Waals surface area contributed by atoms with Gasteiger partial charge in [-0.1, -0.05) is 105 Å². The average molecular weight is 1180 g/mol. The molecule has 1 heterocycles. The van der Waals surface area contributed by atoms with Crippen molar-refractivity contribution in [2.45, 2.75) is 75.7 Å². The molecule has 81 heavy (non-hydrogen) atoms. The summed E-state index contributed by atoms with van der Waals surface area (Å²) in [4.78, 5) is 16.7. The van der Waals surface area contributed by atoms with E-state index in [0.717, 1.165) is 16.8 Å². The fourth-order valence-corrected chi connectivity index (χ4v) is 8.74. The highest BCUT2D eigenvalue weighted by molar-refractivity contribution is 7.20. The van der Waals surface area contributed by atoms with Crippen molar-refractivity contribution in [1.29, 1.82) is 0 Å². The van der Waals surface area contributed by atoms with Crippen molar-refractivity contribution >= 4 is 33.8 Å². The molecule has 0 spiro atoms. The number of rotatable bonds is 9. The standard InChI is InChI=1S/C32H12BF24.C21H21N2O/c34-25(35,36)13-1-14(26(37,38)39)6-21(5-13)33(22-7-15(27(40,41)42)2-16(8-22)28(43,44)45,23-9-17(29(46,47)48)3-18(10-23)30(49,50)51)24-11-19(31(52,53)54)4-20(12-24)32(55,56)57;1-16(2)17-8-10-18(11-9-17)20-14-22-12-13-23(20)15-21(24)19-6-4-3-5-7-19/h1-12H;3-14,16H,15H2,1-2H3/q-1;+1. The molecule has 3 nitrogen and oxygen atoms in total. The summed E-state index contributed by atoms with van der Waals surface area (Å²) in [5.41, 5.74) is -26.2. The number of nitrogens with zero attached hydrogens (tertiary/aromatic N) is 2. The van der Waals surface area contributed by atoms with Crippen LogP contribution in [0.1, 0.15) is 80.2 Å². The lowest BCUT2D eigenvalue weighted by atomic mass is 9.12. The highest BCUT2D eigenvalue weighted by Gasteiger charge is 2.47. The second-order valence-electron chi connectivity index (χ2n) is 18.4. The molecule has 1 aromatic heterocycles. The molecule has 432 valence electrons. The predicted octanol–water partition coefficient (Wildman–Crippen LogP) is 15.3. The Morgan fingerprint density at radius 3 is 0.963 bits per heavy atom. The quantitative estimate of drug-likeness (QED) is 0.0625. The third-order valence-electron chi connectivity index (χ3n) is 12.6. The minimum atomic E-state index is -6.13. The van der Waals surface area contributed by atoms with Gasteiger partial charge in [0.2, 0.25) is 18.0 Å². The lowest BCUT2D eigenvalue weighted by Gasteiger charge is -2.46. The van der Waals surface area contributed by atoms with Gasteiger partial charge < -0.3 is 0 Å². The summed E-state index contributed by atoms with van der Waals surface area (Å²) in [5.74, 6) is 0.589. The number of hydrogen-bond acceptors (Lipinski definition) is 2. The zero-order chi connectivity index (χ0) is 60.9. The Morgan fingerprint density at radius 1 is 0.420 bits per heavy atom. The molecular weight excluding hydrogens is 1150 g/mol. The summed E-state index contributed by atoms with van der Waals surface area (Å²) < 4.78 is 343. The molecule has 0 aliphatic heterocycles. The second-order valence-corrected chi connectivity index (χ2v) is 18.4. The first kappa shape index (κ1) is 62.6. The molecule has 0 fully saturated rings. The Bertz CT molecular complexity index is 2950. The van der Waals surface area contributed by atoms with E-state index in [-0.39, 0.29) is 5.78 Å². The van der Waals surface area contributed by atoms with Gasteiger partial charge in [0.15, 0.2) is 6.20 Å². The van der Waals surface area contributed by atoms with Crippen LogP contribution in [0.3, 0.4) is 0 Å². The molecule has 6 aromatic carbocycles. The zero-order valence-corrected chi connectivity index (χ0v) is 40.6. The van der Waals surface area contributed by atoms with E-state index in [1.807, 2.05) is 47.3 Å². The number of ketones is 1. The van der Waals surface area contributed by atoms with Crippen LogP contribution >= 0.6 is 0 Å². The van der Waals surface area contributed by atoms with Crippen LogP contribution in [0.25, 0.3) is 11.3 Å². The summed E-state index contributed by atoms with van der Waals surface area (Å²) in [6.07, 6.45) is -49.4. The number of Topliss-reactive ketones (excluding diaryl/α,β-unsaturated/α-hetero) is 1. The fourth-order valence-electron chi connectivity index (χ4n) is 8.74. The third-order valence-corrected chi connectivity index (χ3v) is 12.6. The summed E-state index contributed by atoms with van der Waals surface area (Å²) in [7, 11) is 0. The van der Waals surface area contributed by atoms with Crippen molar-refractivity contribution < 1.29 is 115 Å². The van der Waals surface area contributed by atoms with Gasteiger partial charge in [-0.05, 0) is 47.9 Å². The van der Waals surface area contributed by atoms with Crippen molar-refractivity contribution in [2.75, 3.05) is 0 Å². The SMILES string of the molecule is CC(C)c1ccc(-c2cncc[n+]2CC(=O)c2ccccc2)cc1.FC(F)(F)c1cc([B-](c2cc(C(F)(F)F)cc(C(F)(F)F)c2)(c2cc(C(F)(F)F)cc(C(F)(F)F)c2)c2cc(C(F)(F)F)cc(C(F)(F)F)c2)cc(C(F)(F)F)c1. The molecule has 28 heteroatoms. The summed E-state index contributed by atoms with van der Waals surface area (Å²) in [5, 5.41) is 0. The van der Waals surface area contributed by atoms with Gasteiger partial charge in [0.1, 0.15) is 6.15 Å². The molecule has 0 saturated carbocycles. The summed E-state index contributed by atoms with van der Waals surface area (Å²) in [6, 6.07) is 9.03. The molecule has 0 amide bonds. The average Bonchev–Trinajstić information content (AvgIpc) is 3.35. The Morgan fingerprint density at radius 2 is 0.704 bits per heavy atom. The van der Waals surface area contributed by atoms with E-state index >= 15 is 0 Å². The normalized spacial score (nSPS) is 13.3. The van der Waals surface area contributed by atoms with Crippen molar-refractivity contribution in [3.63, 3.8) is 0 Å². The number of aromatic nitrogens is 2. The molecule has 0 aliphatic carbocycles. The van der Waals surface area contributed by atoms with Crippen molar-refractivity contribution in [2.24, 2.45) is 0 Å². The van der Waals surface area contributed by atoms with Gasteiger partial charge in [-0.25, -0.2) is 0 Å². The number of carbonyl (C=O) groups is 1.